The normalized spacial score (nSPS) is 19.1. The first-order valence-electron chi connectivity index (χ1n) is 11.8. The Kier molecular flexibility index (Phi) is 8.70. The van der Waals surface area contributed by atoms with Gasteiger partial charge in [0, 0.05) is 12.1 Å². The van der Waals surface area contributed by atoms with Gasteiger partial charge < -0.3 is 4.74 Å². The third-order valence-electron chi connectivity index (χ3n) is 6.67. The first-order chi connectivity index (χ1) is 16.4. The number of ether oxygens (including phenoxy) is 1. The van der Waals surface area contributed by atoms with Gasteiger partial charge in [0.1, 0.15) is 28.8 Å². The zero-order valence-electron chi connectivity index (χ0n) is 19.3. The molecule has 35 heavy (non-hydrogen) atoms. The molecule has 1 fully saturated rings. The number of unbranched alkanes of at least 4 members (excludes halogenated alkanes) is 1. The predicted molar refractivity (Wildman–Crippen MR) is 116 cm³/mol. The summed E-state index contributed by atoms with van der Waals surface area (Å²) in [5.74, 6) is -5.43. The molecule has 0 aliphatic heterocycles. The highest BCUT2D eigenvalue weighted by Gasteiger charge is 2.41. The molecule has 0 spiro atoms. The highest BCUT2D eigenvalue weighted by molar-refractivity contribution is 5.34. The third-order valence-corrected chi connectivity index (χ3v) is 6.67. The first-order valence-corrected chi connectivity index (χ1v) is 11.8. The maximum atomic E-state index is 14.5. The molecule has 1 nitrogen and oxygen atoms in total. The molecule has 0 unspecified atom stereocenters. The molecule has 0 radical (unpaired) electrons. The van der Waals surface area contributed by atoms with Crippen molar-refractivity contribution in [1.29, 1.82) is 0 Å². The first kappa shape index (κ1) is 27.3. The van der Waals surface area contributed by atoms with Crippen molar-refractivity contribution in [1.82, 2.24) is 0 Å². The second kappa shape index (κ2) is 11.2. The van der Waals surface area contributed by atoms with Gasteiger partial charge in [-0.25, -0.2) is 13.2 Å². The van der Waals surface area contributed by atoms with Gasteiger partial charge in [0.25, 0.3) is 0 Å². The zero-order chi connectivity index (χ0) is 25.8. The Hall–Kier alpha value is -2.32. The second-order valence-electron chi connectivity index (χ2n) is 9.26. The summed E-state index contributed by atoms with van der Waals surface area (Å²) in [6, 6.07) is 3.10. The van der Waals surface area contributed by atoms with Crippen molar-refractivity contribution in [3.63, 3.8) is 0 Å². The molecule has 1 aliphatic rings. The van der Waals surface area contributed by atoms with Gasteiger partial charge in [-0.3, -0.25) is 0 Å². The fourth-order valence-corrected chi connectivity index (χ4v) is 4.71. The minimum atomic E-state index is -5.36. The fraction of sp³-hybridized carbons (Fsp3) is 0.538. The monoisotopic (exact) mass is 508 g/mol. The molecule has 1 saturated carbocycles. The molecule has 0 heterocycles. The molecule has 0 bridgehead atoms. The lowest BCUT2D eigenvalue weighted by molar-refractivity contribution is -0.187. The quantitative estimate of drug-likeness (QED) is 0.307. The van der Waals surface area contributed by atoms with Gasteiger partial charge in [-0.1, -0.05) is 57.9 Å². The topological polar surface area (TPSA) is 9.23 Å². The van der Waals surface area contributed by atoms with Crippen molar-refractivity contribution in [3.05, 3.63) is 64.5 Å². The summed E-state index contributed by atoms with van der Waals surface area (Å²) in [6.07, 6.45) is -0.176. The standard InChI is InChI=1S/C26H28F8O/c1-2-3-4-16-5-7-17(8-6-16)9-10-18-11-12-20(21(27)13-18)26(33,34)35-19-14-22(28)24(23(29)15-19)25(30,31)32/h11-17H,2-10H2,1H3/t16-,17-. The van der Waals surface area contributed by atoms with E-state index in [-0.39, 0.29) is 12.1 Å². The van der Waals surface area contributed by atoms with Crippen LogP contribution in [0.25, 0.3) is 0 Å². The van der Waals surface area contributed by atoms with Crippen molar-refractivity contribution in [2.45, 2.75) is 77.0 Å². The van der Waals surface area contributed by atoms with E-state index in [1.54, 1.807) is 0 Å². The van der Waals surface area contributed by atoms with Crippen LogP contribution in [-0.4, -0.2) is 0 Å². The van der Waals surface area contributed by atoms with E-state index in [9.17, 15) is 35.1 Å². The molecular weight excluding hydrogens is 480 g/mol. The van der Waals surface area contributed by atoms with Gasteiger partial charge in [0.2, 0.25) is 0 Å². The molecule has 3 rings (SSSR count). The average Bonchev–Trinajstić information content (AvgIpc) is 2.75. The minimum Gasteiger partial charge on any atom is -0.429 e. The van der Waals surface area contributed by atoms with Crippen LogP contribution in [0.5, 0.6) is 5.75 Å². The summed E-state index contributed by atoms with van der Waals surface area (Å²) in [5.41, 5.74) is -2.88. The number of hydrogen-bond acceptors (Lipinski definition) is 1. The van der Waals surface area contributed by atoms with Crippen molar-refractivity contribution in [2.24, 2.45) is 11.8 Å². The summed E-state index contributed by atoms with van der Waals surface area (Å²) >= 11 is 0. The highest BCUT2D eigenvalue weighted by Crippen LogP contribution is 2.39. The van der Waals surface area contributed by atoms with Crippen molar-refractivity contribution < 1.29 is 39.9 Å². The summed E-state index contributed by atoms with van der Waals surface area (Å²) in [7, 11) is 0. The predicted octanol–water partition coefficient (Wildman–Crippen LogP) is 9.18. The number of hydrogen-bond donors (Lipinski definition) is 0. The molecular formula is C26H28F8O. The Labute approximate surface area is 199 Å². The van der Waals surface area contributed by atoms with E-state index >= 15 is 0 Å². The van der Waals surface area contributed by atoms with E-state index in [2.05, 4.69) is 11.7 Å². The maximum Gasteiger partial charge on any atom is 0.429 e. The van der Waals surface area contributed by atoms with E-state index in [0.717, 1.165) is 37.3 Å². The number of aryl methyl sites for hydroxylation is 1. The smallest absolute Gasteiger partial charge is 0.429 e. The Bertz CT molecular complexity index is 970. The molecule has 0 aromatic heterocycles. The molecule has 0 amide bonds. The number of halogens is 8. The van der Waals surface area contributed by atoms with Gasteiger partial charge in [-0.2, -0.15) is 22.0 Å². The highest BCUT2D eigenvalue weighted by atomic mass is 19.4. The number of benzene rings is 2. The van der Waals surface area contributed by atoms with Crippen LogP contribution in [0, 0.1) is 29.3 Å². The van der Waals surface area contributed by atoms with Crippen LogP contribution in [0.2, 0.25) is 0 Å². The number of rotatable bonds is 9. The molecule has 0 N–H and O–H groups in total. The van der Waals surface area contributed by atoms with Crippen LogP contribution < -0.4 is 4.74 Å². The molecule has 1 aliphatic carbocycles. The summed E-state index contributed by atoms with van der Waals surface area (Å²) < 4.78 is 113. The lowest BCUT2D eigenvalue weighted by atomic mass is 9.78. The second-order valence-corrected chi connectivity index (χ2v) is 9.26. The van der Waals surface area contributed by atoms with Crippen LogP contribution in [0.3, 0.4) is 0 Å². The van der Waals surface area contributed by atoms with Crippen LogP contribution in [0.1, 0.15) is 75.0 Å². The zero-order valence-corrected chi connectivity index (χ0v) is 19.3. The minimum absolute atomic E-state index is 0.0108. The van der Waals surface area contributed by atoms with Gasteiger partial charge in [0.15, 0.2) is 0 Å². The van der Waals surface area contributed by atoms with E-state index in [1.807, 2.05) is 0 Å². The van der Waals surface area contributed by atoms with Crippen molar-refractivity contribution in [2.75, 3.05) is 0 Å². The summed E-state index contributed by atoms with van der Waals surface area (Å²) in [4.78, 5) is 0. The van der Waals surface area contributed by atoms with Crippen LogP contribution in [-0.2, 0) is 18.7 Å². The van der Waals surface area contributed by atoms with Crippen LogP contribution in [0.15, 0.2) is 30.3 Å². The van der Waals surface area contributed by atoms with Gasteiger partial charge >= 0.3 is 12.3 Å². The van der Waals surface area contributed by atoms with Gasteiger partial charge in [-0.15, -0.1) is 0 Å². The van der Waals surface area contributed by atoms with E-state index in [0.29, 0.717) is 17.9 Å². The largest absolute Gasteiger partial charge is 0.429 e. The molecule has 194 valence electrons. The van der Waals surface area contributed by atoms with Gasteiger partial charge in [0.05, 0.1) is 5.56 Å². The van der Waals surface area contributed by atoms with Crippen molar-refractivity contribution in [3.8, 4) is 5.75 Å². The van der Waals surface area contributed by atoms with Crippen molar-refractivity contribution >= 4 is 0 Å². The Morgan fingerprint density at radius 1 is 0.800 bits per heavy atom. The van der Waals surface area contributed by atoms with E-state index in [4.69, 9.17) is 0 Å². The van der Waals surface area contributed by atoms with Crippen LogP contribution >= 0.6 is 0 Å². The summed E-state index contributed by atoms with van der Waals surface area (Å²) in [6.45, 7) is 2.17. The lowest BCUT2D eigenvalue weighted by Gasteiger charge is -2.28. The van der Waals surface area contributed by atoms with Crippen LogP contribution in [0.4, 0.5) is 35.1 Å². The van der Waals surface area contributed by atoms with E-state index in [1.165, 1.54) is 38.2 Å². The third kappa shape index (κ3) is 7.10. The Morgan fingerprint density at radius 3 is 1.89 bits per heavy atom. The summed E-state index contributed by atoms with van der Waals surface area (Å²) in [5, 5.41) is 0. The molecule has 0 atom stereocenters. The molecule has 2 aromatic rings. The van der Waals surface area contributed by atoms with E-state index < -0.39 is 46.6 Å². The number of alkyl halides is 5. The Balaban J connectivity index is 1.62. The molecule has 0 saturated heterocycles. The Morgan fingerprint density at radius 2 is 1.37 bits per heavy atom. The maximum absolute atomic E-state index is 14.5. The molecule has 9 heteroatoms. The fourth-order valence-electron chi connectivity index (χ4n) is 4.71. The van der Waals surface area contributed by atoms with Gasteiger partial charge in [-0.05, 0) is 42.4 Å². The molecule has 2 aromatic carbocycles. The average molecular weight is 508 g/mol. The SMILES string of the molecule is CCCC[C@H]1CC[C@H](CCc2ccc(C(F)(F)Oc3cc(F)c(C(F)(F)F)c(F)c3)c(F)c2)CC1. The lowest BCUT2D eigenvalue weighted by Crippen LogP contribution is -2.24.